The number of ether oxygens (including phenoxy) is 1. The van der Waals surface area contributed by atoms with E-state index in [1.807, 2.05) is 61.5 Å². The average Bonchev–Trinajstić information content (AvgIpc) is 3.86. The molecular weight excluding hydrogens is 713 g/mol. The number of rotatable bonds is 9. The van der Waals surface area contributed by atoms with E-state index >= 15 is 0 Å². The first-order valence-electron chi connectivity index (χ1n) is 17.0. The van der Waals surface area contributed by atoms with Crippen molar-refractivity contribution in [2.24, 2.45) is 5.92 Å². The molecule has 0 aliphatic rings. The second kappa shape index (κ2) is 15.8. The normalized spacial score (nSPS) is 11.2. The Bertz CT molecular complexity index is 2570. The largest absolute Gasteiger partial charge is 0.490 e. The van der Waals surface area contributed by atoms with Crippen LogP contribution in [0.4, 0.5) is 0 Å². The molecule has 0 bridgehead atoms. The van der Waals surface area contributed by atoms with Crippen molar-refractivity contribution in [2.75, 3.05) is 6.61 Å². The Balaban J connectivity index is 0.000000164. The smallest absolute Gasteiger partial charge is 0.258 e. The lowest BCUT2D eigenvalue weighted by Crippen LogP contribution is -2.20. The molecule has 13 heteroatoms. The first-order chi connectivity index (χ1) is 25.8. The van der Waals surface area contributed by atoms with E-state index in [0.717, 1.165) is 39.1 Å². The Morgan fingerprint density at radius 3 is 1.85 bits per heavy atom. The van der Waals surface area contributed by atoms with Crippen LogP contribution >= 0.6 is 23.2 Å². The lowest BCUT2D eigenvalue weighted by molar-refractivity contribution is 0.318. The number of pyridine rings is 3. The molecule has 266 valence electrons. The third kappa shape index (κ3) is 7.81. The van der Waals surface area contributed by atoms with Gasteiger partial charge in [0.05, 0.1) is 16.7 Å². The summed E-state index contributed by atoms with van der Waals surface area (Å²) in [4.78, 5) is 29.6. The van der Waals surface area contributed by atoms with E-state index in [-0.39, 0.29) is 5.56 Å². The number of hydrogen-bond acceptors (Lipinski definition) is 10. The quantitative estimate of drug-likeness (QED) is 0.140. The number of nitrogens with zero attached hydrogens (tertiary/aromatic N) is 7. The molecular formula is C40H33Cl2N7O4. The van der Waals surface area contributed by atoms with E-state index in [2.05, 4.69) is 44.1 Å². The van der Waals surface area contributed by atoms with E-state index in [4.69, 9.17) is 37.0 Å². The summed E-state index contributed by atoms with van der Waals surface area (Å²) in [6, 6.07) is 22.4. The van der Waals surface area contributed by atoms with E-state index in [1.54, 1.807) is 47.7 Å². The molecule has 0 amide bonds. The Morgan fingerprint density at radius 2 is 1.32 bits per heavy atom. The Morgan fingerprint density at radius 1 is 0.755 bits per heavy atom. The van der Waals surface area contributed by atoms with Gasteiger partial charge in [-0.05, 0) is 53.4 Å². The Kier molecular flexibility index (Phi) is 10.6. The van der Waals surface area contributed by atoms with Crippen molar-refractivity contribution in [3.63, 3.8) is 0 Å². The maximum absolute atomic E-state index is 12.3. The van der Waals surface area contributed by atoms with Crippen LogP contribution in [0, 0.1) is 5.92 Å². The number of hydrogen-bond donors (Lipinski definition) is 0. The monoisotopic (exact) mass is 745 g/mol. The van der Waals surface area contributed by atoms with Gasteiger partial charge in [0.15, 0.2) is 5.75 Å². The van der Waals surface area contributed by atoms with E-state index in [1.165, 1.54) is 6.07 Å². The van der Waals surface area contributed by atoms with Gasteiger partial charge in [-0.25, -0.2) is 0 Å². The maximum Gasteiger partial charge on any atom is 0.258 e. The number of fused-ring (bicyclic) bond motifs is 2. The summed E-state index contributed by atoms with van der Waals surface area (Å²) in [7, 11) is 0. The predicted molar refractivity (Wildman–Crippen MR) is 206 cm³/mol. The van der Waals surface area contributed by atoms with Crippen LogP contribution in [0.3, 0.4) is 0 Å². The average molecular weight is 747 g/mol. The van der Waals surface area contributed by atoms with Crippen LogP contribution in [0.15, 0.2) is 118 Å². The van der Waals surface area contributed by atoms with Gasteiger partial charge in [0.25, 0.3) is 17.3 Å². The first-order valence-corrected chi connectivity index (χ1v) is 17.7. The molecule has 0 radical (unpaired) electrons. The van der Waals surface area contributed by atoms with Gasteiger partial charge in [-0.1, -0.05) is 90.7 Å². The van der Waals surface area contributed by atoms with Crippen molar-refractivity contribution in [1.29, 1.82) is 0 Å². The highest BCUT2D eigenvalue weighted by molar-refractivity contribution is 6.37. The Labute approximate surface area is 314 Å². The van der Waals surface area contributed by atoms with Crippen molar-refractivity contribution >= 4 is 44.7 Å². The highest BCUT2D eigenvalue weighted by atomic mass is 35.5. The fourth-order valence-corrected chi connectivity index (χ4v) is 6.34. The van der Waals surface area contributed by atoms with Gasteiger partial charge in [-0.3, -0.25) is 14.8 Å². The van der Waals surface area contributed by atoms with Crippen LogP contribution in [0.1, 0.15) is 27.2 Å². The van der Waals surface area contributed by atoms with Gasteiger partial charge < -0.3 is 18.4 Å². The van der Waals surface area contributed by atoms with Crippen LogP contribution in [0.25, 0.3) is 67.2 Å². The zero-order valence-corrected chi connectivity index (χ0v) is 30.5. The van der Waals surface area contributed by atoms with Crippen molar-refractivity contribution in [3.05, 3.63) is 124 Å². The molecule has 0 aliphatic carbocycles. The van der Waals surface area contributed by atoms with Crippen LogP contribution < -0.4 is 10.3 Å². The molecule has 0 unspecified atom stereocenters. The van der Waals surface area contributed by atoms with Crippen molar-refractivity contribution in [1.82, 2.24) is 34.8 Å². The van der Waals surface area contributed by atoms with E-state index < -0.39 is 0 Å². The molecule has 5 aromatic heterocycles. The van der Waals surface area contributed by atoms with Crippen LogP contribution in [-0.2, 0) is 6.54 Å². The SMILES string of the molecule is CC(C)Cn1ccc(-c2nc(-c3cccc4cnccc34)no2)cc1=O.CCCOc1c(Cl)cc(-c2nc(-c3cccc4cnccc34)no2)cc1Cl. The van der Waals surface area contributed by atoms with Crippen LogP contribution in [0.5, 0.6) is 5.75 Å². The second-order valence-electron chi connectivity index (χ2n) is 12.6. The number of aromatic nitrogens is 7. The number of halogens is 2. The zero-order chi connectivity index (χ0) is 36.9. The lowest BCUT2D eigenvalue weighted by atomic mass is 10.1. The molecule has 3 aromatic carbocycles. The number of benzene rings is 3. The summed E-state index contributed by atoms with van der Waals surface area (Å²) < 4.78 is 18.1. The summed E-state index contributed by atoms with van der Waals surface area (Å²) >= 11 is 12.6. The topological polar surface area (TPSA) is 135 Å². The summed E-state index contributed by atoms with van der Waals surface area (Å²) in [5, 5.41) is 13.0. The molecule has 8 aromatic rings. The molecule has 0 spiro atoms. The minimum absolute atomic E-state index is 0.0767. The van der Waals surface area contributed by atoms with Gasteiger partial charge in [0.2, 0.25) is 11.6 Å². The third-order valence-corrected chi connectivity index (χ3v) is 8.76. The van der Waals surface area contributed by atoms with Gasteiger partial charge in [-0.15, -0.1) is 0 Å². The maximum atomic E-state index is 12.3. The van der Waals surface area contributed by atoms with E-state index in [9.17, 15) is 4.79 Å². The molecule has 0 saturated heterocycles. The third-order valence-electron chi connectivity index (χ3n) is 8.20. The fourth-order valence-electron chi connectivity index (χ4n) is 5.75. The minimum atomic E-state index is -0.0767. The van der Waals surface area contributed by atoms with Gasteiger partial charge in [-0.2, -0.15) is 9.97 Å². The van der Waals surface area contributed by atoms with Gasteiger partial charge >= 0.3 is 0 Å². The molecule has 0 saturated carbocycles. The van der Waals surface area contributed by atoms with Crippen molar-refractivity contribution < 1.29 is 13.8 Å². The fraction of sp³-hybridized carbons (Fsp3) is 0.175. The second-order valence-corrected chi connectivity index (χ2v) is 13.4. The molecule has 0 aliphatic heterocycles. The Hall–Kier alpha value is -5.91. The standard InChI is InChI=1S/C20H15Cl2N3O2.C20H18N4O2/c1-2-8-26-18-16(21)9-13(10-17(18)22)20-24-19(25-27-20)15-5-3-4-12-11-23-7-6-14(12)15;1-13(2)12-24-9-7-14(10-18(24)25)20-22-19(23-26-20)17-5-3-4-15-11-21-8-6-16(15)17/h3-7,9-11H,2,8H2,1H3;3-11,13H,12H2,1-2H3. The molecule has 5 heterocycles. The summed E-state index contributed by atoms with van der Waals surface area (Å²) in [6.45, 7) is 7.38. The van der Waals surface area contributed by atoms with Gasteiger partial charge in [0, 0.05) is 76.6 Å². The van der Waals surface area contributed by atoms with Gasteiger partial charge in [0.1, 0.15) is 0 Å². The zero-order valence-electron chi connectivity index (χ0n) is 29.0. The molecule has 0 fully saturated rings. The van der Waals surface area contributed by atoms with Crippen molar-refractivity contribution in [3.8, 4) is 51.4 Å². The highest BCUT2D eigenvalue weighted by Gasteiger charge is 2.18. The summed E-state index contributed by atoms with van der Waals surface area (Å²) in [5.74, 6) is 2.50. The molecule has 0 N–H and O–H groups in total. The van der Waals surface area contributed by atoms with Crippen LogP contribution in [0.2, 0.25) is 10.0 Å². The van der Waals surface area contributed by atoms with E-state index in [0.29, 0.717) is 69.4 Å². The molecule has 53 heavy (non-hydrogen) atoms. The van der Waals surface area contributed by atoms with Crippen molar-refractivity contribution in [2.45, 2.75) is 33.7 Å². The minimum Gasteiger partial charge on any atom is -0.490 e. The molecule has 11 nitrogen and oxygen atoms in total. The highest BCUT2D eigenvalue weighted by Crippen LogP contribution is 2.38. The van der Waals surface area contributed by atoms with Crippen LogP contribution in [-0.4, -0.2) is 41.4 Å². The predicted octanol–water partition coefficient (Wildman–Crippen LogP) is 9.82. The molecule has 0 atom stereocenters. The first kappa shape index (κ1) is 35.5. The lowest BCUT2D eigenvalue weighted by Gasteiger charge is -2.09. The molecule has 8 rings (SSSR count). The summed E-state index contributed by atoms with van der Waals surface area (Å²) in [5.41, 5.74) is 2.91. The summed E-state index contributed by atoms with van der Waals surface area (Å²) in [6.07, 6.45) is 9.71.